The molecule has 1 aromatic heterocycles. The monoisotopic (exact) mass is 241 g/mol. The third kappa shape index (κ3) is 1.90. The van der Waals surface area contributed by atoms with Gasteiger partial charge in [0.1, 0.15) is 0 Å². The summed E-state index contributed by atoms with van der Waals surface area (Å²) in [6, 6.07) is 7.79. The van der Waals surface area contributed by atoms with Crippen LogP contribution in [0.1, 0.15) is 30.6 Å². The van der Waals surface area contributed by atoms with Crippen molar-refractivity contribution in [1.29, 1.82) is 0 Å². The fraction of sp³-hybridized carbons (Fsp3) is 0.333. The van der Waals surface area contributed by atoms with Crippen LogP contribution in [0.5, 0.6) is 0 Å². The number of hydrogen-bond acceptors (Lipinski definition) is 1. The summed E-state index contributed by atoms with van der Waals surface area (Å²) >= 11 is 0. The minimum Gasteiger partial charge on any atom is -0.361 e. The summed E-state index contributed by atoms with van der Waals surface area (Å²) in [5.74, 6) is 0.101. The fourth-order valence-corrected chi connectivity index (χ4v) is 2.45. The summed E-state index contributed by atoms with van der Waals surface area (Å²) in [7, 11) is 0. The number of rotatable bonds is 1. The SMILES string of the molecule is CC1(C)C[CH]N(C(=O)c2ccc3[nH]ccc3c2)C1. The number of carbonyl (C=O) groups is 1. The molecule has 1 fully saturated rings. The average molecular weight is 241 g/mol. The first-order valence-corrected chi connectivity index (χ1v) is 6.27. The third-order valence-corrected chi connectivity index (χ3v) is 3.52. The number of fused-ring (bicyclic) bond motifs is 1. The summed E-state index contributed by atoms with van der Waals surface area (Å²) in [6.45, 7) is 7.19. The van der Waals surface area contributed by atoms with Crippen LogP contribution in [-0.4, -0.2) is 22.3 Å². The molecular weight excluding hydrogens is 224 g/mol. The van der Waals surface area contributed by atoms with Gasteiger partial charge in [-0.05, 0) is 36.1 Å². The zero-order chi connectivity index (χ0) is 12.8. The molecule has 3 rings (SSSR count). The predicted molar refractivity (Wildman–Crippen MR) is 72.0 cm³/mol. The number of hydrogen-bond donors (Lipinski definition) is 1. The fourth-order valence-electron chi connectivity index (χ4n) is 2.45. The van der Waals surface area contributed by atoms with Crippen molar-refractivity contribution in [2.24, 2.45) is 5.41 Å². The maximum Gasteiger partial charge on any atom is 0.254 e. The van der Waals surface area contributed by atoms with E-state index in [2.05, 4.69) is 18.8 Å². The van der Waals surface area contributed by atoms with Crippen LogP contribution in [0.15, 0.2) is 30.5 Å². The van der Waals surface area contributed by atoms with Crippen molar-refractivity contribution < 1.29 is 4.79 Å². The van der Waals surface area contributed by atoms with Gasteiger partial charge in [0, 0.05) is 29.2 Å². The van der Waals surface area contributed by atoms with Crippen molar-refractivity contribution in [2.45, 2.75) is 20.3 Å². The average Bonchev–Trinajstić information content (AvgIpc) is 2.93. The first kappa shape index (κ1) is 11.3. The van der Waals surface area contributed by atoms with E-state index >= 15 is 0 Å². The standard InChI is InChI=1S/C15H17N2O/c1-15(2)6-8-17(10-15)14(18)12-3-4-13-11(9-12)5-7-16-13/h3-5,7-9,16H,6,10H2,1-2H3. The van der Waals surface area contributed by atoms with E-state index in [4.69, 9.17) is 0 Å². The molecule has 1 N–H and O–H groups in total. The Hall–Kier alpha value is -1.77. The molecule has 0 saturated carbocycles. The smallest absolute Gasteiger partial charge is 0.254 e. The molecular formula is C15H17N2O. The van der Waals surface area contributed by atoms with Crippen molar-refractivity contribution >= 4 is 16.8 Å². The van der Waals surface area contributed by atoms with E-state index < -0.39 is 0 Å². The van der Waals surface area contributed by atoms with Crippen molar-refractivity contribution in [2.75, 3.05) is 6.54 Å². The molecule has 0 aliphatic carbocycles. The van der Waals surface area contributed by atoms with Crippen LogP contribution in [0.4, 0.5) is 0 Å². The van der Waals surface area contributed by atoms with E-state index in [1.165, 1.54) is 0 Å². The lowest BCUT2D eigenvalue weighted by Crippen LogP contribution is -2.28. The zero-order valence-electron chi connectivity index (χ0n) is 10.7. The minimum absolute atomic E-state index is 0.101. The van der Waals surface area contributed by atoms with Crippen molar-refractivity contribution in [3.05, 3.63) is 42.6 Å². The van der Waals surface area contributed by atoms with Crippen LogP contribution in [0.2, 0.25) is 0 Å². The molecule has 1 saturated heterocycles. The number of amides is 1. The molecule has 1 amide bonds. The molecule has 2 heterocycles. The molecule has 1 radical (unpaired) electrons. The van der Waals surface area contributed by atoms with Crippen molar-refractivity contribution in [3.8, 4) is 0 Å². The molecule has 1 aromatic carbocycles. The van der Waals surface area contributed by atoms with Crippen LogP contribution in [0.3, 0.4) is 0 Å². The maximum absolute atomic E-state index is 12.4. The van der Waals surface area contributed by atoms with Crippen LogP contribution < -0.4 is 0 Å². The second kappa shape index (κ2) is 3.87. The molecule has 1 aliphatic heterocycles. The lowest BCUT2D eigenvalue weighted by atomic mass is 9.93. The molecule has 18 heavy (non-hydrogen) atoms. The maximum atomic E-state index is 12.4. The Labute approximate surface area is 107 Å². The van der Waals surface area contributed by atoms with E-state index in [-0.39, 0.29) is 11.3 Å². The first-order chi connectivity index (χ1) is 8.55. The molecule has 1 aliphatic rings. The molecule has 93 valence electrons. The molecule has 0 bridgehead atoms. The second-order valence-electron chi connectivity index (χ2n) is 5.76. The number of aromatic nitrogens is 1. The van der Waals surface area contributed by atoms with Crippen LogP contribution in [-0.2, 0) is 0 Å². The largest absolute Gasteiger partial charge is 0.361 e. The molecule has 3 nitrogen and oxygen atoms in total. The number of nitrogens with one attached hydrogen (secondary N) is 1. The third-order valence-electron chi connectivity index (χ3n) is 3.52. The van der Waals surface area contributed by atoms with Gasteiger partial charge in [-0.15, -0.1) is 0 Å². The summed E-state index contributed by atoms with van der Waals surface area (Å²) in [4.78, 5) is 17.4. The summed E-state index contributed by atoms with van der Waals surface area (Å²) < 4.78 is 0. The van der Waals surface area contributed by atoms with E-state index in [1.807, 2.05) is 41.9 Å². The molecule has 2 aromatic rings. The number of carbonyl (C=O) groups excluding carboxylic acids is 1. The Balaban J connectivity index is 1.88. The normalized spacial score (nSPS) is 18.4. The van der Waals surface area contributed by atoms with E-state index in [0.717, 1.165) is 29.4 Å². The number of benzene rings is 1. The molecule has 0 unspecified atom stereocenters. The van der Waals surface area contributed by atoms with Gasteiger partial charge in [0.05, 0.1) is 6.54 Å². The first-order valence-electron chi connectivity index (χ1n) is 6.27. The van der Waals surface area contributed by atoms with E-state index in [0.29, 0.717) is 0 Å². The van der Waals surface area contributed by atoms with Crippen molar-refractivity contribution in [1.82, 2.24) is 9.88 Å². The Morgan fingerprint density at radius 2 is 2.17 bits per heavy atom. The highest BCUT2D eigenvalue weighted by Crippen LogP contribution is 2.32. The van der Waals surface area contributed by atoms with Gasteiger partial charge in [-0.3, -0.25) is 4.79 Å². The van der Waals surface area contributed by atoms with Gasteiger partial charge in [0.15, 0.2) is 0 Å². The van der Waals surface area contributed by atoms with E-state index in [9.17, 15) is 4.79 Å². The Bertz CT molecular complexity index is 597. The zero-order valence-corrected chi connectivity index (χ0v) is 10.7. The topological polar surface area (TPSA) is 36.1 Å². The number of likely N-dealkylation sites (tertiary alicyclic amines) is 1. The Morgan fingerprint density at radius 3 is 2.89 bits per heavy atom. The quantitative estimate of drug-likeness (QED) is 0.817. The van der Waals surface area contributed by atoms with Gasteiger partial charge in [-0.25, -0.2) is 0 Å². The van der Waals surface area contributed by atoms with Gasteiger partial charge in [0.25, 0.3) is 5.91 Å². The van der Waals surface area contributed by atoms with Gasteiger partial charge in [-0.2, -0.15) is 0 Å². The molecule has 3 heteroatoms. The van der Waals surface area contributed by atoms with E-state index in [1.54, 1.807) is 0 Å². The number of aromatic amines is 1. The lowest BCUT2D eigenvalue weighted by Gasteiger charge is -2.19. The van der Waals surface area contributed by atoms with Crippen LogP contribution in [0, 0.1) is 12.0 Å². The van der Waals surface area contributed by atoms with Crippen LogP contribution in [0.25, 0.3) is 10.9 Å². The van der Waals surface area contributed by atoms with Gasteiger partial charge in [0.2, 0.25) is 0 Å². The minimum atomic E-state index is 0.101. The summed E-state index contributed by atoms with van der Waals surface area (Å²) in [5, 5.41) is 1.08. The Morgan fingerprint density at radius 1 is 1.33 bits per heavy atom. The van der Waals surface area contributed by atoms with Crippen molar-refractivity contribution in [3.63, 3.8) is 0 Å². The highest BCUT2D eigenvalue weighted by molar-refractivity contribution is 5.98. The predicted octanol–water partition coefficient (Wildman–Crippen LogP) is 3.20. The Kier molecular flexibility index (Phi) is 2.44. The summed E-state index contributed by atoms with van der Waals surface area (Å²) in [6.07, 6.45) is 2.86. The lowest BCUT2D eigenvalue weighted by molar-refractivity contribution is 0.0804. The number of H-pyrrole nitrogens is 1. The number of nitrogens with zero attached hydrogens (tertiary/aromatic N) is 1. The molecule has 0 spiro atoms. The highest BCUT2D eigenvalue weighted by atomic mass is 16.2. The second-order valence-corrected chi connectivity index (χ2v) is 5.76. The summed E-state index contributed by atoms with van der Waals surface area (Å²) in [5.41, 5.74) is 2.03. The van der Waals surface area contributed by atoms with Crippen LogP contribution >= 0.6 is 0 Å². The van der Waals surface area contributed by atoms with Gasteiger partial charge in [-0.1, -0.05) is 13.8 Å². The van der Waals surface area contributed by atoms with Gasteiger partial charge < -0.3 is 9.88 Å². The highest BCUT2D eigenvalue weighted by Gasteiger charge is 2.32. The molecule has 0 atom stereocenters. The van der Waals surface area contributed by atoms with Gasteiger partial charge >= 0.3 is 0 Å².